The summed E-state index contributed by atoms with van der Waals surface area (Å²) in [5.41, 5.74) is 7.88. The summed E-state index contributed by atoms with van der Waals surface area (Å²) in [7, 11) is 0. The van der Waals surface area contributed by atoms with Crippen LogP contribution in [0.4, 0.5) is 35.4 Å². The number of rotatable bonds is 10. The highest BCUT2D eigenvalue weighted by atomic mass is 19.4. The summed E-state index contributed by atoms with van der Waals surface area (Å²) in [4.78, 5) is 23.6. The molecule has 6 N–H and O–H groups in total. The molecule has 2 unspecified atom stereocenters. The van der Waals surface area contributed by atoms with Gasteiger partial charge in [0.2, 0.25) is 5.95 Å². The predicted molar refractivity (Wildman–Crippen MR) is 166 cm³/mol. The molecule has 5 rings (SSSR count). The number of benzene rings is 2. The minimum Gasteiger partial charge on any atom is -0.457 e. The summed E-state index contributed by atoms with van der Waals surface area (Å²) in [6, 6.07) is 13.2. The number of nitrogen functional groups attached to an aromatic ring is 1. The molecular weight excluding hydrogens is 589 g/mol. The Hall–Kier alpha value is -5.11. The highest BCUT2D eigenvalue weighted by Crippen LogP contribution is 2.28. The Morgan fingerprint density at radius 2 is 1.91 bits per heavy atom. The van der Waals surface area contributed by atoms with Gasteiger partial charge in [-0.2, -0.15) is 4.98 Å². The first-order valence-electron chi connectivity index (χ1n) is 14.3. The minimum absolute atomic E-state index is 0.00771. The van der Waals surface area contributed by atoms with E-state index in [1.807, 2.05) is 24.3 Å². The van der Waals surface area contributed by atoms with Crippen molar-refractivity contribution in [3.05, 3.63) is 77.7 Å². The molecule has 11 nitrogen and oxygen atoms in total. The van der Waals surface area contributed by atoms with Crippen molar-refractivity contribution in [3.8, 4) is 5.75 Å². The molecule has 2 amide bonds. The summed E-state index contributed by atoms with van der Waals surface area (Å²) in [6.07, 6.45) is -0.656. The van der Waals surface area contributed by atoms with Crippen LogP contribution in [0.1, 0.15) is 23.9 Å². The van der Waals surface area contributed by atoms with Crippen LogP contribution in [-0.4, -0.2) is 59.3 Å². The summed E-state index contributed by atoms with van der Waals surface area (Å²) in [5.74, 6) is 1.47. The van der Waals surface area contributed by atoms with Crippen molar-refractivity contribution in [3.63, 3.8) is 0 Å². The molecule has 0 saturated carbocycles. The van der Waals surface area contributed by atoms with E-state index in [-0.39, 0.29) is 29.3 Å². The van der Waals surface area contributed by atoms with Gasteiger partial charge in [0.15, 0.2) is 0 Å². The van der Waals surface area contributed by atoms with Gasteiger partial charge in [0, 0.05) is 48.0 Å². The molecule has 236 valence electrons. The number of nitrogens with zero attached hydrogens (tertiary/aromatic N) is 3. The van der Waals surface area contributed by atoms with E-state index in [1.165, 1.54) is 12.1 Å². The highest BCUT2D eigenvalue weighted by molar-refractivity contribution is 5.99. The molecule has 2 aromatic heterocycles. The number of alkyl halides is 3. The van der Waals surface area contributed by atoms with Crippen molar-refractivity contribution in [2.45, 2.75) is 20.2 Å². The fraction of sp³-hybridized carbons (Fsp3) is 0.290. The van der Waals surface area contributed by atoms with E-state index < -0.39 is 18.1 Å². The second-order valence-electron chi connectivity index (χ2n) is 10.7. The number of aryl methyl sites for hydroxylation is 1. The molecule has 0 radical (unpaired) electrons. The molecule has 0 spiro atoms. The number of amidine groups is 1. The van der Waals surface area contributed by atoms with Gasteiger partial charge in [0.05, 0.1) is 0 Å². The van der Waals surface area contributed by atoms with Crippen LogP contribution in [0.3, 0.4) is 0 Å². The number of fused-ring (bicyclic) bond motifs is 1. The molecule has 1 aliphatic heterocycles. The van der Waals surface area contributed by atoms with Crippen LogP contribution in [0.25, 0.3) is 17.0 Å². The number of amides is 2. The number of carbonyl (C=O) groups excluding carboxylic acids is 1. The second-order valence-corrected chi connectivity index (χ2v) is 10.7. The lowest BCUT2D eigenvalue weighted by atomic mass is 9.95. The average molecular weight is 623 g/mol. The van der Waals surface area contributed by atoms with Crippen molar-refractivity contribution < 1.29 is 27.1 Å². The van der Waals surface area contributed by atoms with Gasteiger partial charge < -0.3 is 30.4 Å². The average Bonchev–Trinajstić information content (AvgIpc) is 3.57. The number of urea groups is 1. The summed E-state index contributed by atoms with van der Waals surface area (Å²) in [6.45, 7) is 7.25. The molecule has 0 bridgehead atoms. The first-order valence-corrected chi connectivity index (χ1v) is 14.3. The van der Waals surface area contributed by atoms with Gasteiger partial charge in [0.1, 0.15) is 28.7 Å². The molecule has 4 aromatic rings. The van der Waals surface area contributed by atoms with E-state index in [1.54, 1.807) is 19.1 Å². The van der Waals surface area contributed by atoms with Gasteiger partial charge in [-0.25, -0.2) is 9.78 Å². The summed E-state index contributed by atoms with van der Waals surface area (Å²) in [5, 5.41) is 17.0. The SMILES string of the molecule is CCN1CC(C=Cc2cc3cc(C(=N)N)ccc3o2)C(CNc2cc(C)nc(NC(=O)Nc3ccc(OC(F)(F)F)cc3)n2)C1. The lowest BCUT2D eigenvalue weighted by Gasteiger charge is -2.17. The van der Waals surface area contributed by atoms with E-state index in [9.17, 15) is 18.0 Å². The molecule has 45 heavy (non-hydrogen) atoms. The number of halogens is 3. The second kappa shape index (κ2) is 13.3. The fourth-order valence-corrected chi connectivity index (χ4v) is 5.17. The van der Waals surface area contributed by atoms with Crippen molar-refractivity contribution in [2.24, 2.45) is 17.6 Å². The number of nitrogens with one attached hydrogen (secondary N) is 4. The van der Waals surface area contributed by atoms with Crippen LogP contribution >= 0.6 is 0 Å². The third kappa shape index (κ3) is 8.50. The van der Waals surface area contributed by atoms with Crippen LogP contribution < -0.4 is 26.4 Å². The van der Waals surface area contributed by atoms with Crippen LogP contribution in [0.5, 0.6) is 5.75 Å². The number of aromatic nitrogens is 2. The molecule has 1 fully saturated rings. The van der Waals surface area contributed by atoms with Crippen molar-refractivity contribution >= 4 is 46.4 Å². The normalized spacial score (nSPS) is 17.1. The van der Waals surface area contributed by atoms with Crippen LogP contribution in [0.15, 0.2) is 65.1 Å². The molecule has 2 aromatic carbocycles. The maximum atomic E-state index is 12.5. The zero-order valence-corrected chi connectivity index (χ0v) is 24.6. The largest absolute Gasteiger partial charge is 0.573 e. The lowest BCUT2D eigenvalue weighted by Crippen LogP contribution is -2.24. The number of carbonyl (C=O) groups is 1. The topological polar surface area (TPSA) is 154 Å². The number of hydrogen-bond donors (Lipinski definition) is 5. The van der Waals surface area contributed by atoms with Crippen molar-refractivity contribution in [1.29, 1.82) is 5.41 Å². The highest BCUT2D eigenvalue weighted by Gasteiger charge is 2.31. The summed E-state index contributed by atoms with van der Waals surface area (Å²) < 4.78 is 46.9. The molecular formula is C31H33F3N8O3. The Labute approximate surface area is 257 Å². The van der Waals surface area contributed by atoms with E-state index in [2.05, 4.69) is 48.6 Å². The minimum atomic E-state index is -4.80. The number of anilines is 3. The van der Waals surface area contributed by atoms with E-state index in [0.717, 1.165) is 48.5 Å². The third-order valence-corrected chi connectivity index (χ3v) is 7.34. The number of likely N-dealkylation sites (tertiary alicyclic amines) is 1. The molecule has 1 saturated heterocycles. The maximum absolute atomic E-state index is 12.5. The smallest absolute Gasteiger partial charge is 0.457 e. The summed E-state index contributed by atoms with van der Waals surface area (Å²) >= 11 is 0. The number of ether oxygens (including phenoxy) is 1. The first kappa shape index (κ1) is 31.3. The Kier molecular flexibility index (Phi) is 9.23. The van der Waals surface area contributed by atoms with Gasteiger partial charge in [-0.1, -0.05) is 13.0 Å². The maximum Gasteiger partial charge on any atom is 0.573 e. The van der Waals surface area contributed by atoms with E-state index >= 15 is 0 Å². The van der Waals surface area contributed by atoms with Gasteiger partial charge in [-0.05, 0) is 79.9 Å². The zero-order valence-electron chi connectivity index (χ0n) is 24.6. The molecule has 3 heterocycles. The van der Waals surface area contributed by atoms with Crippen LogP contribution in [-0.2, 0) is 0 Å². The third-order valence-electron chi connectivity index (χ3n) is 7.34. The molecule has 1 aliphatic rings. The van der Waals surface area contributed by atoms with Crippen molar-refractivity contribution in [1.82, 2.24) is 14.9 Å². The van der Waals surface area contributed by atoms with Crippen molar-refractivity contribution in [2.75, 3.05) is 42.1 Å². The van der Waals surface area contributed by atoms with Crippen LogP contribution in [0, 0.1) is 24.2 Å². The molecule has 14 heteroatoms. The van der Waals surface area contributed by atoms with Gasteiger partial charge in [-0.3, -0.25) is 10.7 Å². The van der Waals surface area contributed by atoms with E-state index in [4.69, 9.17) is 15.6 Å². The lowest BCUT2D eigenvalue weighted by molar-refractivity contribution is -0.274. The molecule has 0 aliphatic carbocycles. The van der Waals surface area contributed by atoms with Gasteiger partial charge in [0.25, 0.3) is 0 Å². The Balaban J connectivity index is 1.20. The Morgan fingerprint density at radius 3 is 2.62 bits per heavy atom. The fourth-order valence-electron chi connectivity index (χ4n) is 5.17. The quantitative estimate of drug-likeness (QED) is 0.106. The first-order chi connectivity index (χ1) is 21.4. The monoisotopic (exact) mass is 622 g/mol. The number of hydrogen-bond acceptors (Lipinski definition) is 8. The predicted octanol–water partition coefficient (Wildman–Crippen LogP) is 6.05. The number of nitrogens with two attached hydrogens (primary N) is 1. The van der Waals surface area contributed by atoms with E-state index in [0.29, 0.717) is 23.6 Å². The van der Waals surface area contributed by atoms with Gasteiger partial charge >= 0.3 is 12.4 Å². The molecule has 2 atom stereocenters. The number of furan rings is 1. The van der Waals surface area contributed by atoms with Gasteiger partial charge in [-0.15, -0.1) is 13.2 Å². The Morgan fingerprint density at radius 1 is 1.13 bits per heavy atom. The van der Waals surface area contributed by atoms with Crippen LogP contribution in [0.2, 0.25) is 0 Å². The standard InChI is InChI=1S/C31H33F3N8O3/c1-3-42-16-20(4-8-25-14-21-13-19(28(35)36)5-11-26(21)44-25)22(17-42)15-37-27-12-18(2)38-29(40-27)41-30(43)39-23-6-9-24(10-7-23)45-31(32,33)34/h4-14,20,22H,3,15-17H2,1-2H3,(H3,35,36)(H3,37,38,39,40,41,43). The zero-order chi connectivity index (χ0) is 32.1. The Bertz CT molecular complexity index is 1700.